The van der Waals surface area contributed by atoms with Gasteiger partial charge in [0.05, 0.1) is 22.4 Å². The van der Waals surface area contributed by atoms with Gasteiger partial charge < -0.3 is 15.7 Å². The van der Waals surface area contributed by atoms with Gasteiger partial charge in [0.15, 0.2) is 0 Å². The molecule has 0 aliphatic heterocycles. The van der Waals surface area contributed by atoms with Gasteiger partial charge >= 0.3 is 12.2 Å². The molecule has 2 rings (SSSR count). The SMILES string of the molecule is O=C(NCC(O)c1cccc(C(F)(F)F)c1)Nc1cc(Cl)ccc1Cl. The van der Waals surface area contributed by atoms with Crippen LogP contribution in [0, 0.1) is 0 Å². The van der Waals surface area contributed by atoms with Crippen molar-refractivity contribution in [3.8, 4) is 0 Å². The Balaban J connectivity index is 1.96. The zero-order valence-corrected chi connectivity index (χ0v) is 14.1. The molecule has 0 aliphatic rings. The zero-order chi connectivity index (χ0) is 18.6. The van der Waals surface area contributed by atoms with Crippen molar-refractivity contribution in [3.05, 3.63) is 63.6 Å². The molecule has 2 aromatic carbocycles. The summed E-state index contributed by atoms with van der Waals surface area (Å²) in [6, 6.07) is 8.06. The molecular formula is C16H13Cl2F3N2O2. The molecule has 0 fully saturated rings. The number of hydrogen-bond acceptors (Lipinski definition) is 2. The molecule has 0 saturated heterocycles. The summed E-state index contributed by atoms with van der Waals surface area (Å²) < 4.78 is 38.0. The highest BCUT2D eigenvalue weighted by molar-refractivity contribution is 6.35. The maximum absolute atomic E-state index is 12.7. The standard InChI is InChI=1S/C16H13Cl2F3N2O2/c17-11-4-5-12(18)13(7-11)23-15(25)22-8-14(24)9-2-1-3-10(6-9)16(19,20)21/h1-7,14,24H,8H2,(H2,22,23,25). The van der Waals surface area contributed by atoms with Crippen molar-refractivity contribution < 1.29 is 23.1 Å². The number of alkyl halides is 3. The van der Waals surface area contributed by atoms with Crippen LogP contribution in [0.2, 0.25) is 10.0 Å². The molecule has 0 aromatic heterocycles. The Kier molecular flexibility index (Phi) is 6.16. The zero-order valence-electron chi connectivity index (χ0n) is 12.6. The van der Waals surface area contributed by atoms with Crippen LogP contribution in [0.15, 0.2) is 42.5 Å². The maximum atomic E-state index is 12.7. The van der Waals surface area contributed by atoms with Crippen molar-refractivity contribution >= 4 is 34.9 Å². The van der Waals surface area contributed by atoms with Crippen LogP contribution in [0.3, 0.4) is 0 Å². The van der Waals surface area contributed by atoms with Gasteiger partial charge in [0, 0.05) is 11.6 Å². The quantitative estimate of drug-likeness (QED) is 0.695. The topological polar surface area (TPSA) is 61.4 Å². The molecule has 0 bridgehead atoms. The summed E-state index contributed by atoms with van der Waals surface area (Å²) in [5.74, 6) is 0. The number of aliphatic hydroxyl groups excluding tert-OH is 1. The van der Waals surface area contributed by atoms with Gasteiger partial charge in [0.25, 0.3) is 0 Å². The van der Waals surface area contributed by atoms with Crippen LogP contribution in [0.4, 0.5) is 23.7 Å². The van der Waals surface area contributed by atoms with E-state index in [0.717, 1.165) is 12.1 Å². The van der Waals surface area contributed by atoms with Crippen molar-refractivity contribution in [2.24, 2.45) is 0 Å². The molecule has 2 amide bonds. The van der Waals surface area contributed by atoms with E-state index in [1.54, 1.807) is 6.07 Å². The summed E-state index contributed by atoms with van der Waals surface area (Å²) in [5.41, 5.74) is -0.574. The number of rotatable bonds is 4. The second-order valence-corrected chi connectivity index (χ2v) is 5.94. The van der Waals surface area contributed by atoms with E-state index in [9.17, 15) is 23.1 Å². The highest BCUT2D eigenvalue weighted by Crippen LogP contribution is 2.30. The Morgan fingerprint density at radius 1 is 1.16 bits per heavy atom. The molecular weight excluding hydrogens is 380 g/mol. The fraction of sp³-hybridized carbons (Fsp3) is 0.188. The average Bonchev–Trinajstić information content (AvgIpc) is 2.55. The smallest absolute Gasteiger partial charge is 0.387 e. The lowest BCUT2D eigenvalue weighted by molar-refractivity contribution is -0.137. The number of urea groups is 1. The first-order valence-corrected chi connectivity index (χ1v) is 7.77. The molecule has 0 aliphatic carbocycles. The Hall–Kier alpha value is -1.96. The Morgan fingerprint density at radius 2 is 1.88 bits per heavy atom. The molecule has 2 aromatic rings. The number of carbonyl (C=O) groups is 1. The van der Waals surface area contributed by atoms with E-state index < -0.39 is 23.9 Å². The number of nitrogens with one attached hydrogen (secondary N) is 2. The molecule has 0 radical (unpaired) electrons. The molecule has 0 spiro atoms. The summed E-state index contributed by atoms with van der Waals surface area (Å²) in [6.07, 6.45) is -5.81. The van der Waals surface area contributed by atoms with Crippen LogP contribution in [0.1, 0.15) is 17.2 Å². The van der Waals surface area contributed by atoms with Crippen LogP contribution >= 0.6 is 23.2 Å². The van der Waals surface area contributed by atoms with E-state index in [1.165, 1.54) is 24.3 Å². The lowest BCUT2D eigenvalue weighted by atomic mass is 10.1. The number of carbonyl (C=O) groups excluding carboxylic acids is 1. The Morgan fingerprint density at radius 3 is 2.56 bits per heavy atom. The predicted octanol–water partition coefficient (Wildman–Crippen LogP) is 4.87. The number of benzene rings is 2. The molecule has 1 atom stereocenters. The summed E-state index contributed by atoms with van der Waals surface area (Å²) in [5, 5.41) is 15.4. The lowest BCUT2D eigenvalue weighted by Crippen LogP contribution is -2.32. The molecule has 1 unspecified atom stereocenters. The van der Waals surface area contributed by atoms with E-state index >= 15 is 0 Å². The van der Waals surface area contributed by atoms with Crippen LogP contribution in [-0.2, 0) is 6.18 Å². The number of hydrogen-bond donors (Lipinski definition) is 3. The second kappa shape index (κ2) is 7.95. The highest BCUT2D eigenvalue weighted by Gasteiger charge is 2.30. The van der Waals surface area contributed by atoms with Crippen LogP contribution in [0.25, 0.3) is 0 Å². The van der Waals surface area contributed by atoms with Gasteiger partial charge in [-0.2, -0.15) is 13.2 Å². The van der Waals surface area contributed by atoms with Crippen LogP contribution in [-0.4, -0.2) is 17.7 Å². The maximum Gasteiger partial charge on any atom is 0.416 e. The van der Waals surface area contributed by atoms with E-state index in [2.05, 4.69) is 10.6 Å². The van der Waals surface area contributed by atoms with Gasteiger partial charge in [-0.25, -0.2) is 4.79 Å². The van der Waals surface area contributed by atoms with Gasteiger partial charge in [0.2, 0.25) is 0 Å². The van der Waals surface area contributed by atoms with E-state index in [1.807, 2.05) is 0 Å². The van der Waals surface area contributed by atoms with Gasteiger partial charge in [-0.1, -0.05) is 35.3 Å². The summed E-state index contributed by atoms with van der Waals surface area (Å²) >= 11 is 11.7. The molecule has 4 nitrogen and oxygen atoms in total. The second-order valence-electron chi connectivity index (χ2n) is 5.10. The number of aliphatic hydroxyl groups is 1. The summed E-state index contributed by atoms with van der Waals surface area (Å²) in [6.45, 7) is -0.286. The fourth-order valence-corrected chi connectivity index (χ4v) is 2.33. The third kappa shape index (κ3) is 5.52. The minimum atomic E-state index is -4.51. The molecule has 0 saturated carbocycles. The molecule has 25 heavy (non-hydrogen) atoms. The fourth-order valence-electron chi connectivity index (χ4n) is 1.99. The monoisotopic (exact) mass is 392 g/mol. The van der Waals surface area contributed by atoms with Gasteiger partial charge in [-0.15, -0.1) is 0 Å². The first kappa shape index (κ1) is 19.4. The first-order valence-electron chi connectivity index (χ1n) is 7.02. The van der Waals surface area contributed by atoms with Gasteiger partial charge in [-0.3, -0.25) is 0 Å². The number of halogens is 5. The molecule has 134 valence electrons. The van der Waals surface area contributed by atoms with Crippen molar-refractivity contribution in [2.45, 2.75) is 12.3 Å². The molecule has 9 heteroatoms. The Labute approximate surface area is 151 Å². The van der Waals surface area contributed by atoms with E-state index in [4.69, 9.17) is 23.2 Å². The lowest BCUT2D eigenvalue weighted by Gasteiger charge is -2.15. The van der Waals surface area contributed by atoms with Gasteiger partial charge in [0.1, 0.15) is 0 Å². The number of anilines is 1. The molecule has 3 N–H and O–H groups in total. The minimum absolute atomic E-state index is 0.0379. The predicted molar refractivity (Wildman–Crippen MR) is 89.9 cm³/mol. The molecule has 0 heterocycles. The number of amides is 2. The third-order valence-electron chi connectivity index (χ3n) is 3.23. The Bertz CT molecular complexity index is 769. The van der Waals surface area contributed by atoms with Crippen LogP contribution < -0.4 is 10.6 Å². The largest absolute Gasteiger partial charge is 0.416 e. The van der Waals surface area contributed by atoms with Crippen molar-refractivity contribution in [3.63, 3.8) is 0 Å². The van der Waals surface area contributed by atoms with E-state index in [-0.39, 0.29) is 22.8 Å². The van der Waals surface area contributed by atoms with Crippen molar-refractivity contribution in [2.75, 3.05) is 11.9 Å². The normalized spacial score (nSPS) is 12.6. The van der Waals surface area contributed by atoms with Gasteiger partial charge in [-0.05, 0) is 35.9 Å². The third-order valence-corrected chi connectivity index (χ3v) is 3.80. The summed E-state index contributed by atoms with van der Waals surface area (Å²) in [7, 11) is 0. The van der Waals surface area contributed by atoms with E-state index in [0.29, 0.717) is 5.02 Å². The summed E-state index contributed by atoms with van der Waals surface area (Å²) in [4.78, 5) is 11.8. The van der Waals surface area contributed by atoms with Crippen molar-refractivity contribution in [1.82, 2.24) is 5.32 Å². The average molecular weight is 393 g/mol. The van der Waals surface area contributed by atoms with Crippen molar-refractivity contribution in [1.29, 1.82) is 0 Å². The first-order chi connectivity index (χ1) is 11.7. The van der Waals surface area contributed by atoms with Crippen LogP contribution in [0.5, 0.6) is 0 Å². The highest BCUT2D eigenvalue weighted by atomic mass is 35.5. The minimum Gasteiger partial charge on any atom is -0.387 e.